The molecule has 18 heavy (non-hydrogen) atoms. The van der Waals surface area contributed by atoms with Crippen molar-refractivity contribution in [2.75, 3.05) is 0 Å². The Hall–Kier alpha value is -0.600. The van der Waals surface area contributed by atoms with Gasteiger partial charge in [0.05, 0.1) is 11.1 Å². The number of hydrogen-bond donors (Lipinski definition) is 1. The lowest BCUT2D eigenvalue weighted by Crippen LogP contribution is -2.28. The molecule has 2 rings (SSSR count). The van der Waals surface area contributed by atoms with Gasteiger partial charge in [-0.25, -0.2) is 4.39 Å². The number of aliphatic hydroxyl groups is 1. The molecule has 3 heteroatoms. The van der Waals surface area contributed by atoms with Gasteiger partial charge in [-0.1, -0.05) is 43.5 Å². The standard InChI is InChI=1S/C15H20ClFO/c1-10-4-2-5-11(8-10)14(18)9-12-6-3-7-13(16)15(12)17/h3,6-7,10-11,14,18H,2,4-5,8-9H2,1H3. The number of hydrogen-bond acceptors (Lipinski definition) is 1. The summed E-state index contributed by atoms with van der Waals surface area (Å²) in [7, 11) is 0. The Morgan fingerprint density at radius 3 is 2.94 bits per heavy atom. The monoisotopic (exact) mass is 270 g/mol. The van der Waals surface area contributed by atoms with Gasteiger partial charge in [0.15, 0.2) is 0 Å². The van der Waals surface area contributed by atoms with Crippen LogP contribution in [0.3, 0.4) is 0 Å². The highest BCUT2D eigenvalue weighted by molar-refractivity contribution is 6.30. The third-order valence-corrected chi connectivity index (χ3v) is 4.27. The Labute approximate surface area is 113 Å². The molecule has 100 valence electrons. The van der Waals surface area contributed by atoms with Crippen molar-refractivity contribution < 1.29 is 9.50 Å². The summed E-state index contributed by atoms with van der Waals surface area (Å²) in [5.41, 5.74) is 0.522. The van der Waals surface area contributed by atoms with Crippen molar-refractivity contribution in [1.29, 1.82) is 0 Å². The second-order valence-electron chi connectivity index (χ2n) is 5.52. The van der Waals surface area contributed by atoms with Crippen LogP contribution in [0.2, 0.25) is 5.02 Å². The van der Waals surface area contributed by atoms with Gasteiger partial charge < -0.3 is 5.11 Å². The van der Waals surface area contributed by atoms with Crippen LogP contribution in [0.4, 0.5) is 4.39 Å². The normalized spacial score (nSPS) is 26.0. The molecule has 1 aliphatic carbocycles. The van der Waals surface area contributed by atoms with Crippen molar-refractivity contribution in [2.45, 2.75) is 45.1 Å². The van der Waals surface area contributed by atoms with Gasteiger partial charge >= 0.3 is 0 Å². The number of benzene rings is 1. The maximum atomic E-state index is 13.8. The van der Waals surface area contributed by atoms with Crippen molar-refractivity contribution in [2.24, 2.45) is 11.8 Å². The molecule has 1 saturated carbocycles. The van der Waals surface area contributed by atoms with E-state index in [0.29, 0.717) is 23.8 Å². The first kappa shape index (κ1) is 13.8. The van der Waals surface area contributed by atoms with Crippen molar-refractivity contribution in [3.63, 3.8) is 0 Å². The second kappa shape index (κ2) is 6.03. The molecule has 0 heterocycles. The molecular weight excluding hydrogens is 251 g/mol. The van der Waals surface area contributed by atoms with Gasteiger partial charge in [-0.05, 0) is 36.3 Å². The smallest absolute Gasteiger partial charge is 0.145 e. The summed E-state index contributed by atoms with van der Waals surface area (Å²) in [6.07, 6.45) is 4.41. The van der Waals surface area contributed by atoms with E-state index in [1.54, 1.807) is 12.1 Å². The van der Waals surface area contributed by atoms with Crippen molar-refractivity contribution in [3.8, 4) is 0 Å². The first-order valence-corrected chi connectivity index (χ1v) is 7.06. The largest absolute Gasteiger partial charge is 0.392 e. The van der Waals surface area contributed by atoms with Crippen molar-refractivity contribution in [1.82, 2.24) is 0 Å². The third-order valence-electron chi connectivity index (χ3n) is 3.98. The Balaban J connectivity index is 2.02. The fourth-order valence-corrected chi connectivity index (χ4v) is 3.12. The molecule has 3 unspecified atom stereocenters. The second-order valence-corrected chi connectivity index (χ2v) is 5.92. The van der Waals surface area contributed by atoms with Gasteiger partial charge in [-0.2, -0.15) is 0 Å². The van der Waals surface area contributed by atoms with Crippen LogP contribution in [0, 0.1) is 17.7 Å². The zero-order valence-electron chi connectivity index (χ0n) is 10.7. The Kier molecular flexibility index (Phi) is 4.63. The van der Waals surface area contributed by atoms with Gasteiger partial charge in [0.25, 0.3) is 0 Å². The first-order valence-electron chi connectivity index (χ1n) is 6.69. The van der Waals surface area contributed by atoms with E-state index in [1.165, 1.54) is 18.9 Å². The van der Waals surface area contributed by atoms with E-state index in [4.69, 9.17) is 11.6 Å². The van der Waals surface area contributed by atoms with Crippen molar-refractivity contribution >= 4 is 11.6 Å². The van der Waals surface area contributed by atoms with Crippen LogP contribution in [-0.2, 0) is 6.42 Å². The van der Waals surface area contributed by atoms with Crippen molar-refractivity contribution in [3.05, 3.63) is 34.6 Å². The topological polar surface area (TPSA) is 20.2 Å². The van der Waals surface area contributed by atoms with E-state index in [1.807, 2.05) is 0 Å². The molecule has 0 saturated heterocycles. The zero-order chi connectivity index (χ0) is 13.1. The average Bonchev–Trinajstić information content (AvgIpc) is 2.35. The quantitative estimate of drug-likeness (QED) is 0.872. The van der Waals surface area contributed by atoms with E-state index >= 15 is 0 Å². The SMILES string of the molecule is CC1CCCC(C(O)Cc2cccc(Cl)c2F)C1. The van der Waals surface area contributed by atoms with Crippen LogP contribution in [0.15, 0.2) is 18.2 Å². The molecular formula is C15H20ClFO. The highest BCUT2D eigenvalue weighted by atomic mass is 35.5. The van der Waals surface area contributed by atoms with Crippen LogP contribution >= 0.6 is 11.6 Å². The molecule has 1 aliphatic rings. The van der Waals surface area contributed by atoms with Gasteiger partial charge in [0, 0.05) is 6.42 Å². The van der Waals surface area contributed by atoms with E-state index in [-0.39, 0.29) is 10.8 Å². The summed E-state index contributed by atoms with van der Waals surface area (Å²) in [6.45, 7) is 2.22. The molecule has 0 amide bonds. The van der Waals surface area contributed by atoms with E-state index < -0.39 is 6.10 Å². The lowest BCUT2D eigenvalue weighted by atomic mass is 9.78. The Morgan fingerprint density at radius 2 is 2.22 bits per heavy atom. The van der Waals surface area contributed by atoms with Gasteiger partial charge in [0.1, 0.15) is 5.82 Å². The molecule has 0 aliphatic heterocycles. The summed E-state index contributed by atoms with van der Waals surface area (Å²) in [5.74, 6) is 0.580. The van der Waals surface area contributed by atoms with Crippen LogP contribution in [0.25, 0.3) is 0 Å². The highest BCUT2D eigenvalue weighted by Crippen LogP contribution is 2.32. The molecule has 1 fully saturated rings. The lowest BCUT2D eigenvalue weighted by Gasteiger charge is -2.30. The molecule has 1 N–H and O–H groups in total. The maximum absolute atomic E-state index is 13.8. The third kappa shape index (κ3) is 3.24. The highest BCUT2D eigenvalue weighted by Gasteiger charge is 2.26. The molecule has 1 aromatic rings. The predicted octanol–water partition coefficient (Wildman–Crippen LogP) is 4.21. The predicted molar refractivity (Wildman–Crippen MR) is 72.2 cm³/mol. The van der Waals surface area contributed by atoms with Gasteiger partial charge in [-0.3, -0.25) is 0 Å². The Bertz CT molecular complexity index is 407. The average molecular weight is 271 g/mol. The molecule has 1 aromatic carbocycles. The summed E-state index contributed by atoms with van der Waals surface area (Å²) >= 11 is 5.75. The zero-order valence-corrected chi connectivity index (χ0v) is 11.5. The van der Waals surface area contributed by atoms with E-state index in [2.05, 4.69) is 6.92 Å². The van der Waals surface area contributed by atoms with Gasteiger partial charge in [-0.15, -0.1) is 0 Å². The van der Waals surface area contributed by atoms with Crippen LogP contribution in [-0.4, -0.2) is 11.2 Å². The van der Waals surface area contributed by atoms with Crippen LogP contribution < -0.4 is 0 Å². The first-order chi connectivity index (χ1) is 8.58. The number of halogens is 2. The minimum Gasteiger partial charge on any atom is -0.392 e. The summed E-state index contributed by atoms with van der Waals surface area (Å²) in [4.78, 5) is 0. The lowest BCUT2D eigenvalue weighted by molar-refractivity contribution is 0.0713. The molecule has 0 spiro atoms. The van der Waals surface area contributed by atoms with Crippen LogP contribution in [0.1, 0.15) is 38.2 Å². The van der Waals surface area contributed by atoms with E-state index in [0.717, 1.165) is 12.8 Å². The summed E-state index contributed by atoms with van der Waals surface area (Å²) < 4.78 is 13.8. The minimum absolute atomic E-state index is 0.136. The number of rotatable bonds is 3. The van der Waals surface area contributed by atoms with E-state index in [9.17, 15) is 9.50 Å². The van der Waals surface area contributed by atoms with Gasteiger partial charge in [0.2, 0.25) is 0 Å². The maximum Gasteiger partial charge on any atom is 0.145 e. The minimum atomic E-state index is -0.458. The molecule has 3 atom stereocenters. The summed E-state index contributed by atoms with van der Waals surface area (Å²) in [5, 5.41) is 10.4. The Morgan fingerprint density at radius 1 is 1.44 bits per heavy atom. The molecule has 1 nitrogen and oxygen atoms in total. The molecule has 0 bridgehead atoms. The summed E-state index contributed by atoms with van der Waals surface area (Å²) in [6, 6.07) is 4.98. The number of aliphatic hydroxyl groups excluding tert-OH is 1. The fourth-order valence-electron chi connectivity index (χ4n) is 2.93. The van der Waals surface area contributed by atoms with Crippen LogP contribution in [0.5, 0.6) is 0 Å². The molecule has 0 aromatic heterocycles. The molecule has 0 radical (unpaired) electrons. The fraction of sp³-hybridized carbons (Fsp3) is 0.600.